The van der Waals surface area contributed by atoms with Crippen LogP contribution in [0.4, 0.5) is 0 Å². The molecule has 0 saturated carbocycles. The van der Waals surface area contributed by atoms with Crippen LogP contribution in [0, 0.1) is 0 Å². The van der Waals surface area contributed by atoms with Gasteiger partial charge in [0, 0.05) is 19.3 Å². The molecule has 0 aromatic carbocycles. The molecule has 0 amide bonds. The maximum atomic E-state index is 12.9. The molecular weight excluding hydrogens is 985 g/mol. The van der Waals surface area contributed by atoms with Crippen LogP contribution in [0.15, 0.2) is 122 Å². The second-order valence-electron chi connectivity index (χ2n) is 22.0. The molecule has 0 aromatic rings. The lowest BCUT2D eigenvalue weighted by Crippen LogP contribution is -2.30. The number of allylic oxidation sites excluding steroid dienone is 20. The Morgan fingerprint density at radius 1 is 0.263 bits per heavy atom. The van der Waals surface area contributed by atoms with Crippen LogP contribution in [0.25, 0.3) is 0 Å². The van der Waals surface area contributed by atoms with Gasteiger partial charge in [0.25, 0.3) is 0 Å². The molecule has 0 aromatic heterocycles. The lowest BCUT2D eigenvalue weighted by atomic mass is 10.0. The van der Waals surface area contributed by atoms with Crippen LogP contribution < -0.4 is 0 Å². The molecule has 0 radical (unpaired) electrons. The van der Waals surface area contributed by atoms with Gasteiger partial charge in [0.05, 0.1) is 0 Å². The average Bonchev–Trinajstić information content (AvgIpc) is 3.46. The summed E-state index contributed by atoms with van der Waals surface area (Å²) in [6.45, 7) is 6.47. The lowest BCUT2D eigenvalue weighted by Gasteiger charge is -2.18. The number of hydrogen-bond donors (Lipinski definition) is 0. The molecule has 6 nitrogen and oxygen atoms in total. The maximum absolute atomic E-state index is 12.9. The van der Waals surface area contributed by atoms with E-state index in [2.05, 4.69) is 142 Å². The number of unbranched alkanes of at least 4 members (excludes halogenated alkanes) is 29. The van der Waals surface area contributed by atoms with E-state index in [1.54, 1.807) is 0 Å². The van der Waals surface area contributed by atoms with Gasteiger partial charge in [-0.1, -0.05) is 277 Å². The fourth-order valence-corrected chi connectivity index (χ4v) is 9.15. The van der Waals surface area contributed by atoms with E-state index in [1.165, 1.54) is 141 Å². The quantitative estimate of drug-likeness (QED) is 0.0261. The van der Waals surface area contributed by atoms with Crippen molar-refractivity contribution in [3.05, 3.63) is 122 Å². The number of carbonyl (C=O) groups is 3. The molecule has 0 aliphatic heterocycles. The van der Waals surface area contributed by atoms with Crippen molar-refractivity contribution in [1.29, 1.82) is 0 Å². The SMILES string of the molecule is CC/C=C\C/C=C\C/C=C\C/C=C\C/C=C\C/C=C\C/C=C\CCCCCC(=O)OCC(COC(=O)CCCCCCC/C=C\CCCCC)OC(=O)CCCCCCCCCCCCCCC/C=C\C/C=C\CCCCCCC. The van der Waals surface area contributed by atoms with Gasteiger partial charge < -0.3 is 14.2 Å². The molecule has 0 fully saturated rings. The fraction of sp³-hybridized carbons (Fsp3) is 0.689. The molecule has 80 heavy (non-hydrogen) atoms. The van der Waals surface area contributed by atoms with E-state index in [9.17, 15) is 14.4 Å². The summed E-state index contributed by atoms with van der Waals surface area (Å²) in [6, 6.07) is 0. The second kappa shape index (κ2) is 67.3. The topological polar surface area (TPSA) is 78.9 Å². The Hall–Kier alpha value is -4.19. The zero-order chi connectivity index (χ0) is 57.8. The standard InChI is InChI=1S/C74H124O6/c1-4-7-10-13-16-19-22-25-27-29-31-33-35-37-39-41-43-45-47-49-52-55-58-61-64-67-73(76)79-70-71(69-78-72(75)66-63-60-57-54-51-24-21-18-15-12-9-6-3)80-74(77)68-65-62-59-56-53-50-48-46-44-42-40-38-36-34-32-30-28-26-23-20-17-14-11-8-5-2/h7,10,16,18-19,21,23,25-27,30-33,37,39,43,45,49,52,71H,4-6,8-9,11-15,17,20,22,24,28-29,34-36,38,40-42,44,46-48,50-51,53-70H2,1-3H3/b10-7-,19-16-,21-18-,26-23-,27-25-,32-30-,33-31-,39-37-,45-43-,52-49-. The van der Waals surface area contributed by atoms with Crippen LogP contribution in [0.5, 0.6) is 0 Å². The molecule has 0 aliphatic rings. The zero-order valence-corrected chi connectivity index (χ0v) is 52.3. The monoisotopic (exact) mass is 1110 g/mol. The second-order valence-corrected chi connectivity index (χ2v) is 22.0. The van der Waals surface area contributed by atoms with Crippen molar-refractivity contribution in [2.45, 2.75) is 316 Å². The highest BCUT2D eigenvalue weighted by Gasteiger charge is 2.19. The molecular formula is C74H124O6. The Bertz CT molecular complexity index is 1650. The Morgan fingerprint density at radius 2 is 0.487 bits per heavy atom. The smallest absolute Gasteiger partial charge is 0.306 e. The molecule has 1 unspecified atom stereocenters. The number of rotatable bonds is 60. The third-order valence-electron chi connectivity index (χ3n) is 14.2. The molecule has 6 heteroatoms. The summed E-state index contributed by atoms with van der Waals surface area (Å²) in [5, 5.41) is 0. The summed E-state index contributed by atoms with van der Waals surface area (Å²) in [7, 11) is 0. The largest absolute Gasteiger partial charge is 0.462 e. The number of hydrogen-bond acceptors (Lipinski definition) is 6. The molecule has 0 saturated heterocycles. The zero-order valence-electron chi connectivity index (χ0n) is 52.3. The van der Waals surface area contributed by atoms with Crippen molar-refractivity contribution < 1.29 is 28.6 Å². The Labute approximate surface area is 494 Å². The molecule has 0 bridgehead atoms. The number of carbonyl (C=O) groups excluding carboxylic acids is 3. The Balaban J connectivity index is 4.37. The van der Waals surface area contributed by atoms with E-state index in [4.69, 9.17) is 14.2 Å². The van der Waals surface area contributed by atoms with E-state index in [-0.39, 0.29) is 31.1 Å². The first-order valence-corrected chi connectivity index (χ1v) is 33.5. The first-order chi connectivity index (χ1) is 39.5. The van der Waals surface area contributed by atoms with Crippen molar-refractivity contribution in [3.8, 4) is 0 Å². The summed E-state index contributed by atoms with van der Waals surface area (Å²) in [4.78, 5) is 38.3. The van der Waals surface area contributed by atoms with Crippen molar-refractivity contribution >= 4 is 17.9 Å². The normalized spacial score (nSPS) is 12.9. The third-order valence-corrected chi connectivity index (χ3v) is 14.2. The van der Waals surface area contributed by atoms with Gasteiger partial charge >= 0.3 is 17.9 Å². The highest BCUT2D eigenvalue weighted by Crippen LogP contribution is 2.16. The summed E-state index contributed by atoms with van der Waals surface area (Å²) >= 11 is 0. The average molecular weight is 1110 g/mol. The van der Waals surface area contributed by atoms with E-state index in [0.717, 1.165) is 128 Å². The van der Waals surface area contributed by atoms with Crippen LogP contribution in [0.1, 0.15) is 310 Å². The van der Waals surface area contributed by atoms with E-state index >= 15 is 0 Å². The van der Waals surface area contributed by atoms with Crippen molar-refractivity contribution in [2.75, 3.05) is 13.2 Å². The minimum atomic E-state index is -0.800. The van der Waals surface area contributed by atoms with Crippen LogP contribution in [0.2, 0.25) is 0 Å². The molecule has 1 atom stereocenters. The van der Waals surface area contributed by atoms with Gasteiger partial charge in [-0.3, -0.25) is 14.4 Å². The maximum Gasteiger partial charge on any atom is 0.306 e. The highest BCUT2D eigenvalue weighted by atomic mass is 16.6. The van der Waals surface area contributed by atoms with Gasteiger partial charge in [-0.15, -0.1) is 0 Å². The van der Waals surface area contributed by atoms with Gasteiger partial charge in [-0.25, -0.2) is 0 Å². The summed E-state index contributed by atoms with van der Waals surface area (Å²) in [5.41, 5.74) is 0. The van der Waals surface area contributed by atoms with Gasteiger partial charge in [0.1, 0.15) is 13.2 Å². The predicted octanol–water partition coefficient (Wildman–Crippen LogP) is 23.2. The first kappa shape index (κ1) is 75.8. The minimum absolute atomic E-state index is 0.0946. The summed E-state index contributed by atoms with van der Waals surface area (Å²) in [5.74, 6) is -0.932. The fourth-order valence-electron chi connectivity index (χ4n) is 9.15. The predicted molar refractivity (Wildman–Crippen MR) is 348 cm³/mol. The van der Waals surface area contributed by atoms with Crippen LogP contribution in [0.3, 0.4) is 0 Å². The summed E-state index contributed by atoms with van der Waals surface area (Å²) < 4.78 is 16.9. The van der Waals surface area contributed by atoms with Crippen LogP contribution in [-0.4, -0.2) is 37.2 Å². The van der Waals surface area contributed by atoms with Gasteiger partial charge in [0.15, 0.2) is 6.10 Å². The number of esters is 3. The van der Waals surface area contributed by atoms with Gasteiger partial charge in [-0.2, -0.15) is 0 Å². The Morgan fingerprint density at radius 3 is 0.812 bits per heavy atom. The van der Waals surface area contributed by atoms with E-state index in [1.807, 2.05) is 0 Å². The van der Waals surface area contributed by atoms with Gasteiger partial charge in [-0.05, 0) is 135 Å². The molecule has 0 rings (SSSR count). The molecule has 0 heterocycles. The van der Waals surface area contributed by atoms with Gasteiger partial charge in [0.2, 0.25) is 0 Å². The van der Waals surface area contributed by atoms with E-state index in [0.29, 0.717) is 19.3 Å². The molecule has 456 valence electrons. The summed E-state index contributed by atoms with van der Waals surface area (Å²) in [6.07, 6.45) is 93.5. The van der Waals surface area contributed by atoms with Crippen LogP contribution in [-0.2, 0) is 28.6 Å². The van der Waals surface area contributed by atoms with Crippen molar-refractivity contribution in [2.24, 2.45) is 0 Å². The highest BCUT2D eigenvalue weighted by molar-refractivity contribution is 5.71. The van der Waals surface area contributed by atoms with E-state index < -0.39 is 6.10 Å². The molecule has 0 aliphatic carbocycles. The third kappa shape index (κ3) is 64.6. The number of ether oxygens (including phenoxy) is 3. The molecule has 0 spiro atoms. The van der Waals surface area contributed by atoms with Crippen molar-refractivity contribution in [1.82, 2.24) is 0 Å². The molecule has 0 N–H and O–H groups in total. The minimum Gasteiger partial charge on any atom is -0.462 e. The van der Waals surface area contributed by atoms with Crippen LogP contribution >= 0.6 is 0 Å². The lowest BCUT2D eigenvalue weighted by molar-refractivity contribution is -0.167. The first-order valence-electron chi connectivity index (χ1n) is 33.5. The van der Waals surface area contributed by atoms with Crippen molar-refractivity contribution in [3.63, 3.8) is 0 Å². The Kier molecular flexibility index (Phi) is 63.8.